The van der Waals surface area contributed by atoms with Crippen LogP contribution in [0.2, 0.25) is 0 Å². The summed E-state index contributed by atoms with van der Waals surface area (Å²) < 4.78 is 0. The maximum Gasteiger partial charge on any atom is 0.155 e. The Morgan fingerprint density at radius 3 is 2.67 bits per heavy atom. The molecule has 0 aliphatic carbocycles. The molecule has 2 heterocycles. The van der Waals surface area contributed by atoms with Crippen molar-refractivity contribution >= 4 is 5.84 Å². The van der Waals surface area contributed by atoms with Crippen LogP contribution in [0.3, 0.4) is 0 Å². The molecule has 1 aliphatic heterocycles. The first-order valence-electron chi connectivity index (χ1n) is 8.81. The summed E-state index contributed by atoms with van der Waals surface area (Å²) in [6.07, 6.45) is 0. The Labute approximate surface area is 147 Å². The van der Waals surface area contributed by atoms with Crippen molar-refractivity contribution < 1.29 is 0 Å². The Morgan fingerprint density at radius 2 is 2.08 bits per heavy atom. The van der Waals surface area contributed by atoms with Crippen LogP contribution in [0.4, 0.5) is 0 Å². The van der Waals surface area contributed by atoms with Crippen LogP contribution in [0.1, 0.15) is 44.6 Å². The summed E-state index contributed by atoms with van der Waals surface area (Å²) in [5.41, 5.74) is 9.68. The van der Waals surface area contributed by atoms with Gasteiger partial charge in [0.15, 0.2) is 5.84 Å². The van der Waals surface area contributed by atoms with Gasteiger partial charge in [0.2, 0.25) is 0 Å². The van der Waals surface area contributed by atoms with Crippen LogP contribution < -0.4 is 11.1 Å². The van der Waals surface area contributed by atoms with Crippen molar-refractivity contribution in [3.05, 3.63) is 41.4 Å². The fourth-order valence-corrected chi connectivity index (χ4v) is 2.67. The number of nitrogens with two attached hydrogens (primary N) is 1. The molecule has 2 rings (SSSR count). The van der Waals surface area contributed by atoms with Gasteiger partial charge in [0.25, 0.3) is 0 Å². The quantitative estimate of drug-likeness (QED) is 0.660. The van der Waals surface area contributed by atoms with Crippen molar-refractivity contribution in [1.82, 2.24) is 15.2 Å². The van der Waals surface area contributed by atoms with Crippen LogP contribution in [0, 0.1) is 13.8 Å². The van der Waals surface area contributed by atoms with Gasteiger partial charge in [-0.2, -0.15) is 0 Å². The average Bonchev–Trinajstić information content (AvgIpc) is 2.57. The van der Waals surface area contributed by atoms with E-state index in [0.29, 0.717) is 12.6 Å². The Bertz CT molecular complexity index is 579. The lowest BCUT2D eigenvalue weighted by Gasteiger charge is -2.40. The number of pyridine rings is 1. The normalized spacial score (nSPS) is 21.1. The monoisotopic (exact) mass is 331 g/mol. The third-order valence-electron chi connectivity index (χ3n) is 3.95. The highest BCUT2D eigenvalue weighted by atomic mass is 15.3. The number of hydrogen-bond donors (Lipinski definition) is 2. The van der Waals surface area contributed by atoms with E-state index >= 15 is 0 Å². The minimum atomic E-state index is 0.275. The number of aliphatic imine (C=N–C) groups is 1. The SMILES string of the molecule is C=C(C)N=C(c1nc(C)ccc1C)N1C[C@@H](CN)NCC1C.CC. The van der Waals surface area contributed by atoms with Crippen molar-refractivity contribution in [3.63, 3.8) is 0 Å². The third-order valence-corrected chi connectivity index (χ3v) is 3.95. The largest absolute Gasteiger partial charge is 0.349 e. The topological polar surface area (TPSA) is 66.5 Å². The van der Waals surface area contributed by atoms with Crippen molar-refractivity contribution in [1.29, 1.82) is 0 Å². The summed E-state index contributed by atoms with van der Waals surface area (Å²) in [5, 5.41) is 3.47. The van der Waals surface area contributed by atoms with Crippen LogP contribution in [0.15, 0.2) is 29.4 Å². The number of hydrogen-bond acceptors (Lipinski definition) is 4. The van der Waals surface area contributed by atoms with E-state index in [0.717, 1.165) is 41.6 Å². The molecule has 5 heteroatoms. The minimum absolute atomic E-state index is 0.275. The predicted molar refractivity (Wildman–Crippen MR) is 103 cm³/mol. The van der Waals surface area contributed by atoms with Gasteiger partial charge in [-0.25, -0.2) is 9.98 Å². The van der Waals surface area contributed by atoms with Gasteiger partial charge in [0.1, 0.15) is 5.69 Å². The minimum Gasteiger partial charge on any atom is -0.349 e. The number of allylic oxidation sites excluding steroid dienone is 1. The van der Waals surface area contributed by atoms with Gasteiger partial charge in [0, 0.05) is 43.1 Å². The van der Waals surface area contributed by atoms with E-state index in [2.05, 4.69) is 36.7 Å². The molecule has 0 saturated carbocycles. The zero-order valence-electron chi connectivity index (χ0n) is 16.1. The maximum atomic E-state index is 5.84. The fourth-order valence-electron chi connectivity index (χ4n) is 2.67. The molecule has 1 fully saturated rings. The van der Waals surface area contributed by atoms with Crippen LogP contribution >= 0.6 is 0 Å². The summed E-state index contributed by atoms with van der Waals surface area (Å²) in [6.45, 7) is 18.5. The molecule has 134 valence electrons. The lowest BCUT2D eigenvalue weighted by atomic mass is 10.1. The van der Waals surface area contributed by atoms with Crippen molar-refractivity contribution in [2.75, 3.05) is 19.6 Å². The Morgan fingerprint density at radius 1 is 1.42 bits per heavy atom. The molecule has 0 spiro atoms. The van der Waals surface area contributed by atoms with Gasteiger partial charge in [-0.3, -0.25) is 0 Å². The lowest BCUT2D eigenvalue weighted by Crippen LogP contribution is -2.59. The Hall–Kier alpha value is -1.72. The van der Waals surface area contributed by atoms with E-state index in [9.17, 15) is 0 Å². The zero-order valence-corrected chi connectivity index (χ0v) is 16.1. The molecule has 1 aliphatic rings. The smallest absolute Gasteiger partial charge is 0.155 e. The van der Waals surface area contributed by atoms with Gasteiger partial charge in [-0.05, 0) is 39.3 Å². The number of rotatable bonds is 3. The molecule has 5 nitrogen and oxygen atoms in total. The second-order valence-corrected chi connectivity index (χ2v) is 6.13. The van der Waals surface area contributed by atoms with E-state index in [1.165, 1.54) is 0 Å². The first-order valence-corrected chi connectivity index (χ1v) is 8.81. The first kappa shape index (κ1) is 20.3. The summed E-state index contributed by atoms with van der Waals surface area (Å²) in [7, 11) is 0. The summed E-state index contributed by atoms with van der Waals surface area (Å²) in [4.78, 5) is 11.7. The molecule has 3 N–H and O–H groups in total. The molecule has 1 saturated heterocycles. The molecule has 0 aromatic carbocycles. The lowest BCUT2D eigenvalue weighted by molar-refractivity contribution is 0.228. The highest BCUT2D eigenvalue weighted by molar-refractivity contribution is 5.99. The number of nitrogens with one attached hydrogen (secondary N) is 1. The number of piperazine rings is 1. The third kappa shape index (κ3) is 5.14. The standard InChI is InChI=1S/C17H27N5.C2H6/c1-11(2)20-17(16-12(3)6-7-13(4)21-16)22-10-15(8-18)19-9-14(22)5;1-2/h6-7,14-15,19H,1,8-10,18H2,2-5H3;1-2H3/t14?,15-;/m1./s1. The maximum absolute atomic E-state index is 5.84. The Kier molecular flexibility index (Phi) is 8.08. The van der Waals surface area contributed by atoms with Crippen molar-refractivity contribution in [2.45, 2.75) is 53.6 Å². The zero-order chi connectivity index (χ0) is 18.3. The van der Waals surface area contributed by atoms with Crippen LogP contribution in [0.25, 0.3) is 0 Å². The molecule has 0 bridgehead atoms. The summed E-state index contributed by atoms with van der Waals surface area (Å²) in [6, 6.07) is 4.74. The van der Waals surface area contributed by atoms with Gasteiger partial charge in [-0.15, -0.1) is 0 Å². The predicted octanol–water partition coefficient (Wildman–Crippen LogP) is 2.63. The summed E-state index contributed by atoms with van der Waals surface area (Å²) >= 11 is 0. The second-order valence-electron chi connectivity index (χ2n) is 6.13. The van der Waals surface area contributed by atoms with Gasteiger partial charge < -0.3 is 16.0 Å². The molecule has 0 amide bonds. The van der Waals surface area contributed by atoms with Crippen molar-refractivity contribution in [2.24, 2.45) is 10.7 Å². The molecule has 0 radical (unpaired) electrons. The number of nitrogens with zero attached hydrogens (tertiary/aromatic N) is 3. The molecule has 24 heavy (non-hydrogen) atoms. The number of amidine groups is 1. The van der Waals surface area contributed by atoms with E-state index < -0.39 is 0 Å². The average molecular weight is 332 g/mol. The van der Waals surface area contributed by atoms with E-state index in [1.807, 2.05) is 33.8 Å². The second kappa shape index (κ2) is 9.55. The number of aromatic nitrogens is 1. The van der Waals surface area contributed by atoms with Crippen LogP contribution in [-0.2, 0) is 0 Å². The fraction of sp³-hybridized carbons (Fsp3) is 0.579. The molecule has 1 aromatic rings. The molecular formula is C19H33N5. The molecule has 1 aromatic heterocycles. The van der Waals surface area contributed by atoms with Gasteiger partial charge in [0.05, 0.1) is 0 Å². The molecule has 2 atom stereocenters. The highest BCUT2D eigenvalue weighted by Crippen LogP contribution is 2.17. The van der Waals surface area contributed by atoms with E-state index in [1.54, 1.807) is 0 Å². The highest BCUT2D eigenvalue weighted by Gasteiger charge is 2.28. The van der Waals surface area contributed by atoms with Crippen LogP contribution in [0.5, 0.6) is 0 Å². The molecular weight excluding hydrogens is 298 g/mol. The van der Waals surface area contributed by atoms with E-state index in [-0.39, 0.29) is 6.04 Å². The molecule has 1 unspecified atom stereocenters. The first-order chi connectivity index (χ1) is 11.4. The van der Waals surface area contributed by atoms with E-state index in [4.69, 9.17) is 15.7 Å². The van der Waals surface area contributed by atoms with Gasteiger partial charge >= 0.3 is 0 Å². The van der Waals surface area contributed by atoms with Crippen molar-refractivity contribution in [3.8, 4) is 0 Å². The number of aryl methyl sites for hydroxylation is 2. The van der Waals surface area contributed by atoms with Gasteiger partial charge in [-0.1, -0.05) is 26.5 Å². The summed E-state index contributed by atoms with van der Waals surface area (Å²) in [5.74, 6) is 0.904. The Balaban J connectivity index is 0.00000139. The van der Waals surface area contributed by atoms with Crippen LogP contribution in [-0.4, -0.2) is 47.4 Å².